The highest BCUT2D eigenvalue weighted by atomic mass is 32.1. The van der Waals surface area contributed by atoms with Crippen LogP contribution in [0.4, 0.5) is 4.39 Å². The largest absolute Gasteiger partial charge is 0.332 e. The molecule has 2 aromatic rings. The molecule has 96 valence electrons. The lowest BCUT2D eigenvalue weighted by molar-refractivity contribution is 0.587. The van der Waals surface area contributed by atoms with Crippen molar-refractivity contribution < 1.29 is 4.39 Å². The van der Waals surface area contributed by atoms with Crippen LogP contribution < -0.4 is 10.9 Å². The molecule has 0 saturated carbocycles. The van der Waals surface area contributed by atoms with Crippen LogP contribution in [-0.4, -0.2) is 23.1 Å². The Hall–Kier alpha value is -1.53. The second kappa shape index (κ2) is 5.41. The number of halogens is 1. The summed E-state index contributed by atoms with van der Waals surface area (Å²) in [6.45, 7) is 1.31. The molecule has 0 atom stereocenters. The fourth-order valence-electron chi connectivity index (χ4n) is 1.84. The van der Waals surface area contributed by atoms with E-state index in [9.17, 15) is 9.18 Å². The summed E-state index contributed by atoms with van der Waals surface area (Å²) in [5.74, 6) is -0.424. The molecule has 0 aliphatic rings. The van der Waals surface area contributed by atoms with Gasteiger partial charge in [0, 0.05) is 6.54 Å². The molecule has 4 nitrogen and oxygen atoms in total. The van der Waals surface area contributed by atoms with Crippen molar-refractivity contribution in [2.45, 2.75) is 13.0 Å². The number of hydrogen-bond acceptors (Lipinski definition) is 3. The molecular formula is C12H14FN3OS. The maximum Gasteiger partial charge on any atom is 0.262 e. The molecular weight excluding hydrogens is 253 g/mol. The summed E-state index contributed by atoms with van der Waals surface area (Å²) in [7, 11) is 1.85. The summed E-state index contributed by atoms with van der Waals surface area (Å²) >= 11 is 5.14. The highest BCUT2D eigenvalue weighted by Gasteiger charge is 2.06. The van der Waals surface area contributed by atoms with Gasteiger partial charge in [-0.25, -0.2) is 4.39 Å². The minimum atomic E-state index is -0.424. The van der Waals surface area contributed by atoms with Crippen molar-refractivity contribution >= 4 is 23.1 Å². The molecule has 0 radical (unpaired) electrons. The predicted molar refractivity (Wildman–Crippen MR) is 71.9 cm³/mol. The molecule has 2 N–H and O–H groups in total. The van der Waals surface area contributed by atoms with Crippen molar-refractivity contribution in [2.24, 2.45) is 0 Å². The molecule has 0 fully saturated rings. The number of rotatable bonds is 4. The van der Waals surface area contributed by atoms with Crippen molar-refractivity contribution in [3.63, 3.8) is 0 Å². The van der Waals surface area contributed by atoms with E-state index in [1.807, 2.05) is 7.05 Å². The van der Waals surface area contributed by atoms with Crippen molar-refractivity contribution in [3.05, 3.63) is 39.1 Å². The van der Waals surface area contributed by atoms with Crippen molar-refractivity contribution in [3.8, 4) is 0 Å². The fourth-order valence-corrected chi connectivity index (χ4v) is 2.12. The summed E-state index contributed by atoms with van der Waals surface area (Å²) in [5.41, 5.74) is 0.320. The van der Waals surface area contributed by atoms with Gasteiger partial charge in [-0.05, 0) is 50.4 Å². The molecule has 0 aliphatic heterocycles. The highest BCUT2D eigenvalue weighted by molar-refractivity contribution is 7.71. The number of H-pyrrole nitrogens is 1. The van der Waals surface area contributed by atoms with Crippen LogP contribution in [0.25, 0.3) is 10.9 Å². The first kappa shape index (κ1) is 12.9. The lowest BCUT2D eigenvalue weighted by Gasteiger charge is -2.07. The minimum absolute atomic E-state index is 0.246. The van der Waals surface area contributed by atoms with Crippen LogP contribution >= 0.6 is 12.2 Å². The Morgan fingerprint density at radius 1 is 1.50 bits per heavy atom. The third kappa shape index (κ3) is 2.49. The summed E-state index contributed by atoms with van der Waals surface area (Å²) in [6.07, 6.45) is 0.786. The van der Waals surface area contributed by atoms with Crippen LogP contribution in [0.5, 0.6) is 0 Å². The Morgan fingerprint density at radius 3 is 3.00 bits per heavy atom. The van der Waals surface area contributed by atoms with Crippen LogP contribution in [0, 0.1) is 10.6 Å². The number of nitrogens with zero attached hydrogens (tertiary/aromatic N) is 1. The number of hydrogen-bond donors (Lipinski definition) is 2. The van der Waals surface area contributed by atoms with Crippen molar-refractivity contribution in [2.75, 3.05) is 13.6 Å². The summed E-state index contributed by atoms with van der Waals surface area (Å²) in [5, 5.41) is 3.33. The molecule has 0 spiro atoms. The smallest absolute Gasteiger partial charge is 0.262 e. The van der Waals surface area contributed by atoms with Gasteiger partial charge in [0.25, 0.3) is 5.56 Å². The zero-order valence-electron chi connectivity index (χ0n) is 10.00. The number of aromatic nitrogens is 2. The van der Waals surface area contributed by atoms with Gasteiger partial charge in [0.15, 0.2) is 4.77 Å². The molecule has 0 saturated heterocycles. The van der Waals surface area contributed by atoms with Gasteiger partial charge in [0.1, 0.15) is 5.82 Å². The summed E-state index contributed by atoms with van der Waals surface area (Å²) in [4.78, 5) is 15.1. The third-order valence-electron chi connectivity index (χ3n) is 2.75. The average molecular weight is 267 g/mol. The van der Waals surface area contributed by atoms with Crippen molar-refractivity contribution in [1.29, 1.82) is 0 Å². The number of fused-ring (bicyclic) bond motifs is 1. The van der Waals surface area contributed by atoms with E-state index in [0.29, 0.717) is 22.2 Å². The van der Waals surface area contributed by atoms with Crippen LogP contribution in [-0.2, 0) is 6.54 Å². The van der Waals surface area contributed by atoms with Crippen LogP contribution in [0.3, 0.4) is 0 Å². The summed E-state index contributed by atoms with van der Waals surface area (Å²) in [6, 6.07) is 4.07. The van der Waals surface area contributed by atoms with Gasteiger partial charge in [-0.2, -0.15) is 0 Å². The number of aromatic amines is 1. The van der Waals surface area contributed by atoms with E-state index in [-0.39, 0.29) is 5.56 Å². The van der Waals surface area contributed by atoms with E-state index >= 15 is 0 Å². The maximum atomic E-state index is 13.2. The Kier molecular flexibility index (Phi) is 3.88. The van der Waals surface area contributed by atoms with Gasteiger partial charge in [-0.15, -0.1) is 0 Å². The van der Waals surface area contributed by atoms with Gasteiger partial charge >= 0.3 is 0 Å². The zero-order valence-corrected chi connectivity index (χ0v) is 10.8. The Morgan fingerprint density at radius 2 is 2.28 bits per heavy atom. The van der Waals surface area contributed by atoms with E-state index in [4.69, 9.17) is 12.2 Å². The van der Waals surface area contributed by atoms with Gasteiger partial charge < -0.3 is 10.3 Å². The molecule has 1 aromatic heterocycles. The Labute approximate surface area is 108 Å². The van der Waals surface area contributed by atoms with Crippen LogP contribution in [0.1, 0.15) is 6.42 Å². The molecule has 1 aromatic carbocycles. The zero-order chi connectivity index (χ0) is 13.1. The molecule has 1 heterocycles. The van der Waals surface area contributed by atoms with E-state index in [1.54, 1.807) is 0 Å². The highest BCUT2D eigenvalue weighted by Crippen LogP contribution is 2.09. The summed E-state index contributed by atoms with van der Waals surface area (Å²) < 4.78 is 15.0. The second-order valence-electron chi connectivity index (χ2n) is 4.03. The van der Waals surface area contributed by atoms with Crippen LogP contribution in [0.15, 0.2) is 23.0 Å². The minimum Gasteiger partial charge on any atom is -0.332 e. The SMILES string of the molecule is CNCCCn1c(=S)[nH]c2ccc(F)cc2c1=O. The standard InChI is InChI=1S/C12H14FN3OS/c1-14-5-2-6-16-11(17)9-7-8(13)3-4-10(9)15-12(16)18/h3-4,7,14H,2,5-6H2,1H3,(H,15,18). The molecule has 6 heteroatoms. The molecule has 0 amide bonds. The van der Waals surface area contributed by atoms with Crippen LogP contribution in [0.2, 0.25) is 0 Å². The lowest BCUT2D eigenvalue weighted by Crippen LogP contribution is -2.24. The lowest BCUT2D eigenvalue weighted by atomic mass is 10.2. The maximum absolute atomic E-state index is 13.2. The van der Waals surface area contributed by atoms with Crippen molar-refractivity contribution in [1.82, 2.24) is 14.9 Å². The predicted octanol–water partition coefficient (Wildman–Crippen LogP) is 1.81. The molecule has 2 rings (SSSR count). The van der Waals surface area contributed by atoms with Gasteiger partial charge in [-0.3, -0.25) is 9.36 Å². The number of benzene rings is 1. The normalized spacial score (nSPS) is 11.0. The average Bonchev–Trinajstić information content (AvgIpc) is 2.35. The second-order valence-corrected chi connectivity index (χ2v) is 4.42. The first-order chi connectivity index (χ1) is 8.63. The van der Waals surface area contributed by atoms with E-state index in [2.05, 4.69) is 10.3 Å². The third-order valence-corrected chi connectivity index (χ3v) is 3.07. The molecule has 0 unspecified atom stereocenters. The van der Waals surface area contributed by atoms with E-state index in [1.165, 1.54) is 22.8 Å². The monoisotopic (exact) mass is 267 g/mol. The fraction of sp³-hybridized carbons (Fsp3) is 0.333. The molecule has 0 bridgehead atoms. The van der Waals surface area contributed by atoms with Gasteiger partial charge in [0.2, 0.25) is 0 Å². The Balaban J connectivity index is 2.53. The topological polar surface area (TPSA) is 49.8 Å². The quantitative estimate of drug-likeness (QED) is 0.656. The number of nitrogens with one attached hydrogen (secondary N) is 2. The molecule has 0 aliphatic carbocycles. The van der Waals surface area contributed by atoms with Gasteiger partial charge in [-0.1, -0.05) is 0 Å². The first-order valence-electron chi connectivity index (χ1n) is 5.70. The Bertz CT molecular complexity index is 677. The molecule has 18 heavy (non-hydrogen) atoms. The van der Waals surface area contributed by atoms with Gasteiger partial charge in [0.05, 0.1) is 10.9 Å². The van der Waals surface area contributed by atoms with E-state index in [0.717, 1.165) is 13.0 Å². The van der Waals surface area contributed by atoms with E-state index < -0.39 is 5.82 Å². The first-order valence-corrected chi connectivity index (χ1v) is 6.11.